The van der Waals surface area contributed by atoms with Crippen molar-refractivity contribution in [2.45, 2.75) is 37.9 Å². The van der Waals surface area contributed by atoms with Crippen LogP contribution in [0, 0.1) is 0 Å². The van der Waals surface area contributed by atoms with Crippen molar-refractivity contribution < 1.29 is 24.1 Å². The fourth-order valence-corrected chi connectivity index (χ4v) is 1.75. The molecule has 2 rings (SSSR count). The van der Waals surface area contributed by atoms with Crippen LogP contribution >= 0.6 is 0 Å². The summed E-state index contributed by atoms with van der Waals surface area (Å²) < 4.78 is 15.9. The van der Waals surface area contributed by atoms with Gasteiger partial charge in [0.15, 0.2) is 11.9 Å². The van der Waals surface area contributed by atoms with Crippen LogP contribution in [0.2, 0.25) is 0 Å². The van der Waals surface area contributed by atoms with Gasteiger partial charge in [0.2, 0.25) is 0 Å². The minimum absolute atomic E-state index is 0.240. The van der Waals surface area contributed by atoms with Gasteiger partial charge in [-0.25, -0.2) is 4.79 Å². The van der Waals surface area contributed by atoms with E-state index in [1.165, 1.54) is 0 Å². The zero-order valence-electron chi connectivity index (χ0n) is 7.52. The molecule has 0 bridgehead atoms. The van der Waals surface area contributed by atoms with Gasteiger partial charge in [-0.3, -0.25) is 0 Å². The number of carbonyl (C=O) groups is 1. The number of ether oxygens (including phenoxy) is 3. The molecule has 0 aromatic heterocycles. The Balaban J connectivity index is 2.12. The Morgan fingerprint density at radius 1 is 1.46 bits per heavy atom. The third kappa shape index (κ3) is 1.43. The second-order valence-corrected chi connectivity index (χ2v) is 3.73. The summed E-state index contributed by atoms with van der Waals surface area (Å²) in [7, 11) is 0. The molecular formula is C8H12O5. The topological polar surface area (TPSA) is 65.0 Å². The van der Waals surface area contributed by atoms with E-state index in [1.54, 1.807) is 13.8 Å². The molecule has 0 aliphatic carbocycles. The molecule has 2 saturated heterocycles. The number of aliphatic carboxylic acids is 1. The molecule has 74 valence electrons. The molecule has 0 aromatic rings. The quantitative estimate of drug-likeness (QED) is 0.627. The molecule has 2 aliphatic rings. The van der Waals surface area contributed by atoms with E-state index in [0.717, 1.165) is 0 Å². The summed E-state index contributed by atoms with van der Waals surface area (Å²) in [5.41, 5.74) is 0. The number of hydrogen-bond acceptors (Lipinski definition) is 4. The number of carboxylic acid groups (broad SMARTS) is 1. The zero-order valence-corrected chi connectivity index (χ0v) is 7.52. The summed E-state index contributed by atoms with van der Waals surface area (Å²) in [6.45, 7) is 3.83. The first-order chi connectivity index (χ1) is 5.99. The molecule has 0 spiro atoms. The first kappa shape index (κ1) is 8.93. The number of hydrogen-bond donors (Lipinski definition) is 1. The van der Waals surface area contributed by atoms with Crippen molar-refractivity contribution in [2.24, 2.45) is 0 Å². The number of rotatable bonds is 1. The van der Waals surface area contributed by atoms with Gasteiger partial charge in [0.25, 0.3) is 0 Å². The van der Waals surface area contributed by atoms with Gasteiger partial charge in [0.1, 0.15) is 12.2 Å². The van der Waals surface area contributed by atoms with Crippen LogP contribution in [0.25, 0.3) is 0 Å². The second kappa shape index (κ2) is 2.67. The van der Waals surface area contributed by atoms with Gasteiger partial charge in [0, 0.05) is 0 Å². The van der Waals surface area contributed by atoms with E-state index in [0.29, 0.717) is 6.61 Å². The predicted molar refractivity (Wildman–Crippen MR) is 41.2 cm³/mol. The van der Waals surface area contributed by atoms with Gasteiger partial charge in [-0.1, -0.05) is 0 Å². The van der Waals surface area contributed by atoms with Crippen LogP contribution in [0.1, 0.15) is 13.8 Å². The van der Waals surface area contributed by atoms with Crippen molar-refractivity contribution in [3.8, 4) is 0 Å². The van der Waals surface area contributed by atoms with E-state index in [1.807, 2.05) is 0 Å². The average Bonchev–Trinajstić information content (AvgIpc) is 2.41. The first-order valence-corrected chi connectivity index (χ1v) is 4.20. The Morgan fingerprint density at radius 2 is 2.15 bits per heavy atom. The molecule has 13 heavy (non-hydrogen) atoms. The van der Waals surface area contributed by atoms with Crippen molar-refractivity contribution in [3.63, 3.8) is 0 Å². The van der Waals surface area contributed by atoms with Crippen molar-refractivity contribution in [1.29, 1.82) is 0 Å². The highest BCUT2D eigenvalue weighted by atomic mass is 16.8. The van der Waals surface area contributed by atoms with Crippen molar-refractivity contribution in [2.75, 3.05) is 6.61 Å². The van der Waals surface area contributed by atoms with E-state index < -0.39 is 24.0 Å². The van der Waals surface area contributed by atoms with Crippen LogP contribution in [0.4, 0.5) is 0 Å². The molecule has 2 aliphatic heterocycles. The van der Waals surface area contributed by atoms with Crippen molar-refractivity contribution >= 4 is 5.97 Å². The van der Waals surface area contributed by atoms with Crippen LogP contribution in [-0.4, -0.2) is 41.8 Å². The Bertz CT molecular complexity index is 237. The molecule has 0 saturated carbocycles. The molecule has 0 unspecified atom stereocenters. The lowest BCUT2D eigenvalue weighted by Crippen LogP contribution is -2.35. The maximum atomic E-state index is 10.7. The highest BCUT2D eigenvalue weighted by molar-refractivity contribution is 5.73. The molecular weight excluding hydrogens is 176 g/mol. The van der Waals surface area contributed by atoms with Crippen LogP contribution in [-0.2, 0) is 19.0 Å². The predicted octanol–water partition coefficient (Wildman–Crippen LogP) is -0.0101. The van der Waals surface area contributed by atoms with E-state index in [-0.39, 0.29) is 6.10 Å². The average molecular weight is 188 g/mol. The van der Waals surface area contributed by atoms with E-state index in [9.17, 15) is 4.79 Å². The molecule has 5 nitrogen and oxygen atoms in total. The van der Waals surface area contributed by atoms with Gasteiger partial charge < -0.3 is 19.3 Å². The largest absolute Gasteiger partial charge is 0.479 e. The Kier molecular flexibility index (Phi) is 1.83. The number of carboxylic acids is 1. The summed E-state index contributed by atoms with van der Waals surface area (Å²) in [4.78, 5) is 10.7. The van der Waals surface area contributed by atoms with E-state index in [4.69, 9.17) is 19.3 Å². The SMILES string of the molecule is CC1(C)O[C@H]2[C@H](CO[C@@H]2C(=O)O)O1. The van der Waals surface area contributed by atoms with Gasteiger partial charge in [-0.2, -0.15) is 0 Å². The molecule has 3 atom stereocenters. The lowest BCUT2D eigenvalue weighted by molar-refractivity contribution is -0.183. The van der Waals surface area contributed by atoms with Crippen LogP contribution in [0.5, 0.6) is 0 Å². The fourth-order valence-electron chi connectivity index (χ4n) is 1.75. The Morgan fingerprint density at radius 3 is 2.77 bits per heavy atom. The first-order valence-electron chi connectivity index (χ1n) is 4.20. The maximum absolute atomic E-state index is 10.7. The zero-order chi connectivity index (χ0) is 9.64. The molecule has 0 aromatic carbocycles. The van der Waals surface area contributed by atoms with Gasteiger partial charge >= 0.3 is 5.97 Å². The monoisotopic (exact) mass is 188 g/mol. The summed E-state index contributed by atoms with van der Waals surface area (Å²) >= 11 is 0. The summed E-state index contributed by atoms with van der Waals surface area (Å²) in [6, 6.07) is 0. The molecule has 2 heterocycles. The molecule has 5 heteroatoms. The standard InChI is InChI=1S/C8H12O5/c1-8(2)12-4-3-11-6(7(9)10)5(4)13-8/h4-6H,3H2,1-2H3,(H,9,10)/t4-,5-,6-/m0/s1. The fraction of sp³-hybridized carbons (Fsp3) is 0.875. The molecule has 2 fully saturated rings. The highest BCUT2D eigenvalue weighted by Crippen LogP contribution is 2.35. The lowest BCUT2D eigenvalue weighted by atomic mass is 10.1. The third-order valence-corrected chi connectivity index (χ3v) is 2.20. The van der Waals surface area contributed by atoms with E-state index >= 15 is 0 Å². The Hall–Kier alpha value is -0.650. The van der Waals surface area contributed by atoms with Gasteiger partial charge in [-0.15, -0.1) is 0 Å². The molecule has 0 amide bonds. The maximum Gasteiger partial charge on any atom is 0.335 e. The van der Waals surface area contributed by atoms with E-state index in [2.05, 4.69) is 0 Å². The highest BCUT2D eigenvalue weighted by Gasteiger charge is 2.52. The normalized spacial score (nSPS) is 41.8. The van der Waals surface area contributed by atoms with Crippen LogP contribution < -0.4 is 0 Å². The van der Waals surface area contributed by atoms with Gasteiger partial charge in [-0.05, 0) is 13.8 Å². The summed E-state index contributed by atoms with van der Waals surface area (Å²) in [6.07, 6.45) is -1.59. The molecule has 1 N–H and O–H groups in total. The van der Waals surface area contributed by atoms with Crippen LogP contribution in [0.3, 0.4) is 0 Å². The number of fused-ring (bicyclic) bond motifs is 1. The Labute approximate surface area is 75.6 Å². The smallest absolute Gasteiger partial charge is 0.335 e. The van der Waals surface area contributed by atoms with Crippen LogP contribution in [0.15, 0.2) is 0 Å². The molecule has 0 radical (unpaired) electrons. The van der Waals surface area contributed by atoms with Crippen molar-refractivity contribution in [1.82, 2.24) is 0 Å². The minimum atomic E-state index is -0.992. The lowest BCUT2D eigenvalue weighted by Gasteiger charge is -2.19. The summed E-state index contributed by atoms with van der Waals surface area (Å²) in [5, 5.41) is 8.77. The second-order valence-electron chi connectivity index (χ2n) is 3.73. The summed E-state index contributed by atoms with van der Waals surface area (Å²) in [5.74, 6) is -1.68. The third-order valence-electron chi connectivity index (χ3n) is 2.20. The van der Waals surface area contributed by atoms with Gasteiger partial charge in [0.05, 0.1) is 6.61 Å². The van der Waals surface area contributed by atoms with Crippen molar-refractivity contribution in [3.05, 3.63) is 0 Å². The minimum Gasteiger partial charge on any atom is -0.479 e.